The van der Waals surface area contributed by atoms with Gasteiger partial charge in [-0.15, -0.1) is 0 Å². The van der Waals surface area contributed by atoms with E-state index in [0.717, 1.165) is 31.1 Å². The molecule has 8 heteroatoms. The third-order valence-electron chi connectivity index (χ3n) is 5.93. The van der Waals surface area contributed by atoms with Crippen molar-refractivity contribution < 1.29 is 8.42 Å². The van der Waals surface area contributed by atoms with E-state index < -0.39 is 10.0 Å². The molecule has 2 aromatic carbocycles. The molecule has 0 saturated heterocycles. The maximum Gasteiger partial charge on any atom is 0.268 e. The van der Waals surface area contributed by atoms with Crippen LogP contribution in [0.1, 0.15) is 25.7 Å². The van der Waals surface area contributed by atoms with Gasteiger partial charge < -0.3 is 5.32 Å². The van der Waals surface area contributed by atoms with E-state index in [9.17, 15) is 8.42 Å². The zero-order valence-electron chi connectivity index (χ0n) is 17.9. The second-order valence-corrected chi connectivity index (χ2v) is 10.5. The van der Waals surface area contributed by atoms with E-state index in [0.29, 0.717) is 27.7 Å². The number of nitrogens with one attached hydrogen (secondary N) is 1. The first kappa shape index (κ1) is 21.7. The number of halogens is 1. The molecule has 0 bridgehead atoms. The molecule has 1 aliphatic carbocycles. The normalized spacial score (nSPS) is 16.8. The summed E-state index contributed by atoms with van der Waals surface area (Å²) in [6, 6.07) is 15.9. The van der Waals surface area contributed by atoms with Crippen LogP contribution in [0.15, 0.2) is 84.0 Å². The third kappa shape index (κ3) is 4.14. The second-order valence-electron chi connectivity index (χ2n) is 8.25. The Morgan fingerprint density at radius 3 is 2.64 bits per heavy atom. The molecular formula is C25H23ClN4O2S. The zero-order valence-corrected chi connectivity index (χ0v) is 19.5. The number of nitrogens with zero attached hydrogens (tertiary/aromatic N) is 3. The second kappa shape index (κ2) is 8.65. The predicted octanol–water partition coefficient (Wildman–Crippen LogP) is 5.90. The summed E-state index contributed by atoms with van der Waals surface area (Å²) in [7, 11) is -3.80. The monoisotopic (exact) mass is 478 g/mol. The van der Waals surface area contributed by atoms with E-state index >= 15 is 0 Å². The molecule has 1 N–H and O–H groups in total. The maximum atomic E-state index is 13.4. The van der Waals surface area contributed by atoms with Gasteiger partial charge >= 0.3 is 0 Å². The summed E-state index contributed by atoms with van der Waals surface area (Å²) >= 11 is 6.51. The van der Waals surface area contributed by atoms with Crippen LogP contribution >= 0.6 is 11.6 Å². The lowest BCUT2D eigenvalue weighted by atomic mass is 9.92. The van der Waals surface area contributed by atoms with Crippen LogP contribution in [0.3, 0.4) is 0 Å². The minimum Gasteiger partial charge on any atom is -0.351 e. The van der Waals surface area contributed by atoms with Gasteiger partial charge in [0.2, 0.25) is 5.95 Å². The lowest BCUT2D eigenvalue weighted by molar-refractivity contribution is 0.543. The molecule has 1 saturated carbocycles. The molecular weight excluding hydrogens is 456 g/mol. The molecule has 168 valence electrons. The van der Waals surface area contributed by atoms with Gasteiger partial charge in [0.25, 0.3) is 10.0 Å². The summed E-state index contributed by atoms with van der Waals surface area (Å²) in [6.45, 7) is 4.11. The van der Waals surface area contributed by atoms with Gasteiger partial charge in [-0.3, -0.25) is 0 Å². The predicted molar refractivity (Wildman–Crippen MR) is 132 cm³/mol. The summed E-state index contributed by atoms with van der Waals surface area (Å²) in [4.78, 5) is 9.26. The van der Waals surface area contributed by atoms with Gasteiger partial charge in [-0.1, -0.05) is 60.2 Å². The molecule has 0 radical (unpaired) electrons. The Morgan fingerprint density at radius 2 is 1.85 bits per heavy atom. The largest absolute Gasteiger partial charge is 0.351 e. The molecule has 1 aliphatic rings. The lowest BCUT2D eigenvalue weighted by Gasteiger charge is -2.24. The van der Waals surface area contributed by atoms with Crippen molar-refractivity contribution in [3.63, 3.8) is 0 Å². The highest BCUT2D eigenvalue weighted by molar-refractivity contribution is 7.90. The molecule has 6 nitrogen and oxygen atoms in total. The third-order valence-corrected chi connectivity index (χ3v) is 7.89. The Labute approximate surface area is 198 Å². The van der Waals surface area contributed by atoms with Crippen molar-refractivity contribution >= 4 is 38.5 Å². The van der Waals surface area contributed by atoms with Crippen LogP contribution in [0.4, 0.5) is 5.95 Å². The van der Waals surface area contributed by atoms with Crippen molar-refractivity contribution in [1.29, 1.82) is 0 Å². The molecule has 0 spiro atoms. The standard InChI is InChI=1S/C25H23ClN4O2S/c1-17-8-7-9-18(14-17)28-25-27-15-22(26)24(29-25)21-16-30(23-13-6-5-12-20(21)23)33(31,32)19-10-3-2-4-11-19/h2-6,10-13,15-16,18H,1,7-9,14H2,(H,27,28,29)/t18-/m1/s1. The molecule has 2 aromatic heterocycles. The summed E-state index contributed by atoms with van der Waals surface area (Å²) in [5.41, 5.74) is 2.90. The van der Waals surface area contributed by atoms with E-state index in [1.165, 1.54) is 9.55 Å². The number of aromatic nitrogens is 3. The van der Waals surface area contributed by atoms with Gasteiger partial charge in [-0.2, -0.15) is 0 Å². The fourth-order valence-corrected chi connectivity index (χ4v) is 5.91. The maximum absolute atomic E-state index is 13.4. The van der Waals surface area contributed by atoms with E-state index in [4.69, 9.17) is 11.6 Å². The molecule has 1 fully saturated rings. The van der Waals surface area contributed by atoms with Crippen molar-refractivity contribution in [3.8, 4) is 11.3 Å². The fraction of sp³-hybridized carbons (Fsp3) is 0.200. The number of fused-ring (bicyclic) bond motifs is 1. The number of anilines is 1. The number of hydrogen-bond donors (Lipinski definition) is 1. The van der Waals surface area contributed by atoms with Crippen molar-refractivity contribution in [1.82, 2.24) is 13.9 Å². The van der Waals surface area contributed by atoms with Gasteiger partial charge in [0.15, 0.2) is 0 Å². The highest BCUT2D eigenvalue weighted by atomic mass is 35.5. The first-order chi connectivity index (χ1) is 15.9. The molecule has 33 heavy (non-hydrogen) atoms. The summed E-state index contributed by atoms with van der Waals surface area (Å²) in [6.07, 6.45) is 7.20. The van der Waals surface area contributed by atoms with E-state index in [1.54, 1.807) is 48.8 Å². The smallest absolute Gasteiger partial charge is 0.268 e. The highest BCUT2D eigenvalue weighted by Crippen LogP contribution is 2.36. The number of rotatable bonds is 5. The molecule has 5 rings (SSSR count). The lowest BCUT2D eigenvalue weighted by Crippen LogP contribution is -2.24. The molecule has 4 aromatic rings. The van der Waals surface area contributed by atoms with Gasteiger partial charge in [0.1, 0.15) is 0 Å². The van der Waals surface area contributed by atoms with Crippen LogP contribution in [0.25, 0.3) is 22.2 Å². The Balaban J connectivity index is 1.61. The summed E-state index contributed by atoms with van der Waals surface area (Å²) in [5.74, 6) is 0.469. The average Bonchev–Trinajstić information content (AvgIpc) is 3.21. The van der Waals surface area contributed by atoms with Crippen molar-refractivity contribution in [2.75, 3.05) is 5.32 Å². The molecule has 0 aliphatic heterocycles. The van der Waals surface area contributed by atoms with Crippen LogP contribution in [0, 0.1) is 0 Å². The Morgan fingerprint density at radius 1 is 1.09 bits per heavy atom. The van der Waals surface area contributed by atoms with Gasteiger partial charge in [0, 0.05) is 23.2 Å². The Bertz CT molecular complexity index is 1450. The van der Waals surface area contributed by atoms with Crippen molar-refractivity contribution in [3.05, 3.63) is 84.2 Å². The highest BCUT2D eigenvalue weighted by Gasteiger charge is 2.24. The molecule has 0 amide bonds. The topological polar surface area (TPSA) is 76.9 Å². The van der Waals surface area contributed by atoms with Gasteiger partial charge in [0.05, 0.1) is 27.3 Å². The minimum absolute atomic E-state index is 0.214. The first-order valence-electron chi connectivity index (χ1n) is 10.8. The Hall–Kier alpha value is -3.16. The number of para-hydroxylation sites is 1. The van der Waals surface area contributed by atoms with Crippen molar-refractivity contribution in [2.24, 2.45) is 0 Å². The SMILES string of the molecule is C=C1CCC[C@@H](Nc2ncc(Cl)c(-c3cn(S(=O)(=O)c4ccccc4)c4ccccc34)n2)C1. The summed E-state index contributed by atoms with van der Waals surface area (Å²) in [5, 5.41) is 4.49. The minimum atomic E-state index is -3.80. The van der Waals surface area contributed by atoms with Crippen LogP contribution in [0.2, 0.25) is 5.02 Å². The quantitative estimate of drug-likeness (QED) is 0.361. The van der Waals surface area contributed by atoms with E-state index in [2.05, 4.69) is 21.9 Å². The van der Waals surface area contributed by atoms with Crippen LogP contribution in [-0.2, 0) is 10.0 Å². The van der Waals surface area contributed by atoms with Gasteiger partial charge in [-0.25, -0.2) is 22.4 Å². The van der Waals surface area contributed by atoms with E-state index in [1.807, 2.05) is 18.2 Å². The fourth-order valence-electron chi connectivity index (χ4n) is 4.33. The first-order valence-corrected chi connectivity index (χ1v) is 12.6. The zero-order chi connectivity index (χ0) is 23.0. The number of hydrogen-bond acceptors (Lipinski definition) is 5. The van der Waals surface area contributed by atoms with Crippen molar-refractivity contribution in [2.45, 2.75) is 36.6 Å². The van der Waals surface area contributed by atoms with Crippen LogP contribution in [-0.4, -0.2) is 28.4 Å². The molecule has 2 heterocycles. The summed E-state index contributed by atoms with van der Waals surface area (Å²) < 4.78 is 28.1. The average molecular weight is 479 g/mol. The van der Waals surface area contributed by atoms with E-state index in [-0.39, 0.29) is 10.9 Å². The number of benzene rings is 2. The Kier molecular flexibility index (Phi) is 5.68. The van der Waals surface area contributed by atoms with Crippen LogP contribution < -0.4 is 5.32 Å². The molecule has 1 atom stereocenters. The molecule has 0 unspecified atom stereocenters. The van der Waals surface area contributed by atoms with Gasteiger partial charge in [-0.05, 0) is 43.9 Å². The van der Waals surface area contributed by atoms with Crippen LogP contribution in [0.5, 0.6) is 0 Å².